The third kappa shape index (κ3) is 3.37. The molecule has 0 unspecified atom stereocenters. The van der Waals surface area contributed by atoms with E-state index in [4.69, 9.17) is 4.74 Å². The van der Waals surface area contributed by atoms with Crippen molar-refractivity contribution in [1.29, 1.82) is 0 Å². The second-order valence-electron chi connectivity index (χ2n) is 7.39. The number of hydrogen-bond donors (Lipinski definition) is 1. The Balaban J connectivity index is 2.08. The number of piperidine rings is 1. The minimum Gasteiger partial charge on any atom is -0.500 e. The average molecular weight is 337 g/mol. The summed E-state index contributed by atoms with van der Waals surface area (Å²) in [5.41, 5.74) is 5.09. The van der Waals surface area contributed by atoms with Gasteiger partial charge in [0.05, 0.1) is 12.7 Å². The van der Waals surface area contributed by atoms with Gasteiger partial charge in [-0.2, -0.15) is 0 Å². The summed E-state index contributed by atoms with van der Waals surface area (Å²) in [4.78, 5) is 13.2. The maximum Gasteiger partial charge on any atom is 0.167 e. The van der Waals surface area contributed by atoms with Gasteiger partial charge in [0, 0.05) is 18.4 Å². The first-order valence-electron chi connectivity index (χ1n) is 9.05. The molecule has 0 aromatic heterocycles. The van der Waals surface area contributed by atoms with Crippen molar-refractivity contribution in [3.8, 4) is 11.8 Å². The van der Waals surface area contributed by atoms with Crippen LogP contribution >= 0.6 is 0 Å². The number of ketones is 1. The number of carbonyl (C=O) groups is 1. The molecule has 1 aliphatic carbocycles. The molecule has 2 aliphatic rings. The summed E-state index contributed by atoms with van der Waals surface area (Å²) in [6.45, 7) is 7.94. The van der Waals surface area contributed by atoms with Gasteiger partial charge in [-0.25, -0.2) is 0 Å². The highest BCUT2D eigenvalue weighted by atomic mass is 16.5. The molecule has 1 heterocycles. The van der Waals surface area contributed by atoms with E-state index in [0.717, 1.165) is 65.9 Å². The molecule has 1 aromatic rings. The van der Waals surface area contributed by atoms with Gasteiger partial charge in [0.15, 0.2) is 5.78 Å². The fourth-order valence-electron chi connectivity index (χ4n) is 4.41. The highest BCUT2D eigenvalue weighted by Crippen LogP contribution is 2.47. The van der Waals surface area contributed by atoms with Gasteiger partial charge in [-0.1, -0.05) is 5.92 Å². The Morgan fingerprint density at radius 3 is 2.32 bits per heavy atom. The van der Waals surface area contributed by atoms with Crippen LogP contribution in [0.25, 0.3) is 5.57 Å². The number of Topliss-reactive ketones (excluding diaryl/α,β-unsaturated/α-hetero) is 1. The van der Waals surface area contributed by atoms with Crippen molar-refractivity contribution >= 4 is 11.4 Å². The van der Waals surface area contributed by atoms with E-state index < -0.39 is 0 Å². The minimum atomic E-state index is 0.0760. The zero-order chi connectivity index (χ0) is 18.0. The summed E-state index contributed by atoms with van der Waals surface area (Å²) in [5, 5.41) is 3.40. The summed E-state index contributed by atoms with van der Waals surface area (Å²) in [5.74, 6) is 7.15. The van der Waals surface area contributed by atoms with Crippen molar-refractivity contribution in [2.24, 2.45) is 5.41 Å². The lowest BCUT2D eigenvalue weighted by atomic mass is 9.66. The zero-order valence-electron chi connectivity index (χ0n) is 15.7. The highest BCUT2D eigenvalue weighted by molar-refractivity contribution is 6.23. The molecule has 3 rings (SSSR count). The van der Waals surface area contributed by atoms with Crippen molar-refractivity contribution in [2.45, 2.75) is 46.5 Å². The zero-order valence-corrected chi connectivity index (χ0v) is 15.7. The number of hydrogen-bond acceptors (Lipinski definition) is 3. The summed E-state index contributed by atoms with van der Waals surface area (Å²) >= 11 is 0. The molecule has 1 spiro atoms. The van der Waals surface area contributed by atoms with E-state index >= 15 is 0 Å². The molecule has 25 heavy (non-hydrogen) atoms. The molecule has 1 aromatic carbocycles. The van der Waals surface area contributed by atoms with E-state index in [1.165, 1.54) is 0 Å². The number of rotatable bonds is 2. The van der Waals surface area contributed by atoms with Crippen LogP contribution in [0.3, 0.4) is 0 Å². The third-order valence-corrected chi connectivity index (χ3v) is 5.59. The molecule has 1 N–H and O–H groups in total. The van der Waals surface area contributed by atoms with Gasteiger partial charge in [0.2, 0.25) is 0 Å². The van der Waals surface area contributed by atoms with E-state index in [0.29, 0.717) is 6.42 Å². The number of allylic oxidation sites excluding steroid dienone is 2. The van der Waals surface area contributed by atoms with Crippen LogP contribution in [0.4, 0.5) is 0 Å². The molecule has 0 atom stereocenters. The normalized spacial score (nSPS) is 19.6. The second kappa shape index (κ2) is 7.06. The van der Waals surface area contributed by atoms with Gasteiger partial charge in [0.1, 0.15) is 5.76 Å². The number of benzene rings is 1. The number of ether oxygens (including phenoxy) is 1. The lowest BCUT2D eigenvalue weighted by molar-refractivity contribution is -0.117. The number of carbonyl (C=O) groups excluding carboxylic acids is 1. The molecule has 3 nitrogen and oxygen atoms in total. The van der Waals surface area contributed by atoms with Gasteiger partial charge in [-0.15, -0.1) is 5.92 Å². The molecular formula is C22H27NO2. The molecule has 1 saturated heterocycles. The number of methoxy groups -OCH3 is 1. The molecule has 1 fully saturated rings. The highest BCUT2D eigenvalue weighted by Gasteiger charge is 2.42. The van der Waals surface area contributed by atoms with Crippen molar-refractivity contribution in [3.63, 3.8) is 0 Å². The molecular weight excluding hydrogens is 310 g/mol. The fraction of sp³-hybridized carbons (Fsp3) is 0.500. The van der Waals surface area contributed by atoms with Gasteiger partial charge in [0.25, 0.3) is 0 Å². The Hall–Kier alpha value is -2.05. The van der Waals surface area contributed by atoms with Crippen LogP contribution in [0.2, 0.25) is 0 Å². The van der Waals surface area contributed by atoms with E-state index in [9.17, 15) is 4.79 Å². The van der Waals surface area contributed by atoms with Crippen LogP contribution in [-0.2, 0) is 9.53 Å². The molecule has 0 amide bonds. The van der Waals surface area contributed by atoms with Crippen LogP contribution in [0, 0.1) is 31.1 Å². The third-order valence-electron chi connectivity index (χ3n) is 5.59. The Bertz CT molecular complexity index is 763. The van der Waals surface area contributed by atoms with Crippen LogP contribution in [0.5, 0.6) is 0 Å². The molecule has 3 heteroatoms. The number of aryl methyl sites for hydroxylation is 2. The molecule has 0 radical (unpaired) electrons. The van der Waals surface area contributed by atoms with Crippen LogP contribution < -0.4 is 5.32 Å². The Morgan fingerprint density at radius 1 is 1.12 bits per heavy atom. The second-order valence-corrected chi connectivity index (χ2v) is 7.39. The fourth-order valence-corrected chi connectivity index (χ4v) is 4.41. The van der Waals surface area contributed by atoms with Crippen LogP contribution in [-0.4, -0.2) is 26.0 Å². The molecule has 132 valence electrons. The van der Waals surface area contributed by atoms with Gasteiger partial charge < -0.3 is 10.1 Å². The molecule has 1 aliphatic heterocycles. The van der Waals surface area contributed by atoms with Crippen LogP contribution in [0.1, 0.15) is 54.9 Å². The van der Waals surface area contributed by atoms with E-state index in [2.05, 4.69) is 43.1 Å². The van der Waals surface area contributed by atoms with Crippen molar-refractivity contribution in [3.05, 3.63) is 40.1 Å². The van der Waals surface area contributed by atoms with Crippen molar-refractivity contribution in [2.75, 3.05) is 20.2 Å². The predicted octanol–water partition coefficient (Wildman–Crippen LogP) is 3.77. The first kappa shape index (κ1) is 17.8. The average Bonchev–Trinajstić information content (AvgIpc) is 2.57. The molecule has 0 saturated carbocycles. The lowest BCUT2D eigenvalue weighted by Gasteiger charge is -2.41. The van der Waals surface area contributed by atoms with Crippen molar-refractivity contribution in [1.82, 2.24) is 5.32 Å². The van der Waals surface area contributed by atoms with Crippen molar-refractivity contribution < 1.29 is 9.53 Å². The summed E-state index contributed by atoms with van der Waals surface area (Å²) in [6, 6.07) is 4.14. The maximum absolute atomic E-state index is 13.2. The van der Waals surface area contributed by atoms with Gasteiger partial charge in [-0.3, -0.25) is 4.79 Å². The topological polar surface area (TPSA) is 38.3 Å². The Morgan fingerprint density at radius 2 is 1.76 bits per heavy atom. The Labute approximate surface area is 150 Å². The van der Waals surface area contributed by atoms with Gasteiger partial charge in [-0.05, 0) is 80.9 Å². The van der Waals surface area contributed by atoms with E-state index in [-0.39, 0.29) is 11.2 Å². The monoisotopic (exact) mass is 337 g/mol. The first-order chi connectivity index (χ1) is 12.0. The minimum absolute atomic E-state index is 0.0760. The quantitative estimate of drug-likeness (QED) is 0.835. The summed E-state index contributed by atoms with van der Waals surface area (Å²) < 4.78 is 5.75. The standard InChI is InChI=1S/C22H27NO2/c1-5-6-17-11-15(2)20(16(3)12-17)21-18(24)13-22(14-19(21)25-4)7-9-23-10-8-22/h11-12,23H,7-10,13-14H2,1-4H3. The smallest absolute Gasteiger partial charge is 0.167 e. The predicted molar refractivity (Wildman–Crippen MR) is 101 cm³/mol. The van der Waals surface area contributed by atoms with Gasteiger partial charge >= 0.3 is 0 Å². The van der Waals surface area contributed by atoms with Crippen LogP contribution in [0.15, 0.2) is 17.9 Å². The summed E-state index contributed by atoms with van der Waals surface area (Å²) in [6.07, 6.45) is 3.58. The number of nitrogens with one attached hydrogen (secondary N) is 1. The lowest BCUT2D eigenvalue weighted by Crippen LogP contribution is -2.41. The SMILES string of the molecule is CC#Cc1cc(C)c(C2=C(OC)CC3(CCNCC3)CC2=O)c(C)c1. The van der Waals surface area contributed by atoms with E-state index in [1.54, 1.807) is 7.11 Å². The first-order valence-corrected chi connectivity index (χ1v) is 9.05. The molecule has 0 bridgehead atoms. The maximum atomic E-state index is 13.2. The van der Waals surface area contributed by atoms with E-state index in [1.807, 2.05) is 6.92 Å². The largest absolute Gasteiger partial charge is 0.500 e. The summed E-state index contributed by atoms with van der Waals surface area (Å²) in [7, 11) is 1.70. The Kier molecular flexibility index (Phi) is 5.01.